The molecule has 0 aliphatic carbocycles. The highest BCUT2D eigenvalue weighted by Crippen LogP contribution is 2.32. The summed E-state index contributed by atoms with van der Waals surface area (Å²) in [6, 6.07) is 17.6. The molecule has 36 heavy (non-hydrogen) atoms. The molecule has 0 aromatic heterocycles. The first kappa shape index (κ1) is 26.4. The average Bonchev–Trinajstić information content (AvgIpc) is 2.91. The second kappa shape index (κ2) is 11.9. The number of hydrogen-bond donors (Lipinski definition) is 1. The van der Waals surface area contributed by atoms with Gasteiger partial charge in [0.05, 0.1) is 45.2 Å². The third-order valence-corrected chi connectivity index (χ3v) is 6.86. The summed E-state index contributed by atoms with van der Waals surface area (Å²) in [6.07, 6.45) is 1.43. The van der Waals surface area contributed by atoms with Gasteiger partial charge in [-0.05, 0) is 54.1 Å². The van der Waals surface area contributed by atoms with Crippen LogP contribution in [0.5, 0.6) is 23.0 Å². The maximum absolute atomic E-state index is 13.6. The smallest absolute Gasteiger partial charge is 0.264 e. The topological polar surface area (TPSA) is 116 Å². The van der Waals surface area contributed by atoms with Crippen LogP contribution in [-0.2, 0) is 14.8 Å². The van der Waals surface area contributed by atoms with Gasteiger partial charge in [0.25, 0.3) is 15.9 Å². The van der Waals surface area contributed by atoms with Gasteiger partial charge in [0.15, 0.2) is 11.5 Å². The first-order valence-electron chi connectivity index (χ1n) is 10.7. The van der Waals surface area contributed by atoms with Crippen molar-refractivity contribution in [3.63, 3.8) is 0 Å². The van der Waals surface area contributed by atoms with Crippen molar-refractivity contribution < 1.29 is 32.2 Å². The predicted octanol–water partition coefficient (Wildman–Crippen LogP) is 3.07. The van der Waals surface area contributed by atoms with E-state index in [-0.39, 0.29) is 16.3 Å². The van der Waals surface area contributed by atoms with Crippen LogP contribution < -0.4 is 28.7 Å². The molecule has 0 atom stereocenters. The molecule has 0 radical (unpaired) electrons. The van der Waals surface area contributed by atoms with Crippen LogP contribution in [0.15, 0.2) is 76.7 Å². The van der Waals surface area contributed by atoms with Gasteiger partial charge in [0.1, 0.15) is 18.0 Å². The number of sulfonamides is 1. The fourth-order valence-corrected chi connectivity index (χ4v) is 4.67. The van der Waals surface area contributed by atoms with Crippen LogP contribution in [0.25, 0.3) is 0 Å². The van der Waals surface area contributed by atoms with Crippen molar-refractivity contribution in [2.24, 2.45) is 5.10 Å². The first-order chi connectivity index (χ1) is 17.3. The Hall–Kier alpha value is -4.25. The molecular weight excluding hydrogens is 486 g/mol. The lowest BCUT2D eigenvalue weighted by molar-refractivity contribution is -0.119. The van der Waals surface area contributed by atoms with E-state index in [1.165, 1.54) is 45.7 Å². The van der Waals surface area contributed by atoms with Crippen molar-refractivity contribution in [1.29, 1.82) is 0 Å². The second-order valence-electron chi connectivity index (χ2n) is 7.30. The summed E-state index contributed by atoms with van der Waals surface area (Å²) in [5.74, 6) is 1.14. The van der Waals surface area contributed by atoms with E-state index in [0.29, 0.717) is 22.8 Å². The second-order valence-corrected chi connectivity index (χ2v) is 9.16. The molecule has 1 N–H and O–H groups in total. The SMILES string of the molecule is COc1ccc(N(CC(=O)N/N=C\c2cccc(OC)c2)S(=O)(=O)c2ccc(OC)c(OC)c2)cc1. The summed E-state index contributed by atoms with van der Waals surface area (Å²) in [7, 11) is 1.72. The number of carbonyl (C=O) groups is 1. The van der Waals surface area contributed by atoms with Crippen LogP contribution in [0.1, 0.15) is 5.56 Å². The average molecular weight is 514 g/mol. The zero-order valence-electron chi connectivity index (χ0n) is 20.3. The van der Waals surface area contributed by atoms with E-state index in [4.69, 9.17) is 18.9 Å². The molecule has 3 aromatic carbocycles. The van der Waals surface area contributed by atoms with Gasteiger partial charge in [-0.3, -0.25) is 9.10 Å². The molecule has 11 heteroatoms. The van der Waals surface area contributed by atoms with Gasteiger partial charge < -0.3 is 18.9 Å². The first-order valence-corrected chi connectivity index (χ1v) is 12.1. The Morgan fingerprint density at radius 3 is 2.19 bits per heavy atom. The summed E-state index contributed by atoms with van der Waals surface area (Å²) in [6.45, 7) is -0.529. The normalized spacial score (nSPS) is 11.1. The standard InChI is InChI=1S/C25H27N3O7S/c1-32-20-10-8-19(9-11-20)28(36(30,31)22-12-13-23(34-3)24(15-22)35-4)17-25(29)27-26-16-18-6-5-7-21(14-18)33-2/h5-16H,17H2,1-4H3,(H,27,29)/b26-16-. The molecule has 0 aliphatic rings. The van der Waals surface area contributed by atoms with Crippen molar-refractivity contribution in [3.05, 3.63) is 72.3 Å². The van der Waals surface area contributed by atoms with Gasteiger partial charge in [0, 0.05) is 6.07 Å². The molecule has 0 bridgehead atoms. The van der Waals surface area contributed by atoms with Crippen LogP contribution in [0.3, 0.4) is 0 Å². The van der Waals surface area contributed by atoms with Gasteiger partial charge >= 0.3 is 0 Å². The van der Waals surface area contributed by atoms with Crippen molar-refractivity contribution in [3.8, 4) is 23.0 Å². The van der Waals surface area contributed by atoms with Crippen LogP contribution in [0.4, 0.5) is 5.69 Å². The number of rotatable bonds is 11. The third kappa shape index (κ3) is 6.25. The summed E-state index contributed by atoms with van der Waals surface area (Å²) < 4.78 is 49.0. The van der Waals surface area contributed by atoms with E-state index in [2.05, 4.69) is 10.5 Å². The van der Waals surface area contributed by atoms with Gasteiger partial charge in [-0.1, -0.05) is 12.1 Å². The lowest BCUT2D eigenvalue weighted by Gasteiger charge is -2.24. The Morgan fingerprint density at radius 1 is 0.861 bits per heavy atom. The number of nitrogens with one attached hydrogen (secondary N) is 1. The minimum Gasteiger partial charge on any atom is -0.497 e. The Kier molecular flexibility index (Phi) is 8.74. The van der Waals surface area contributed by atoms with E-state index in [1.54, 1.807) is 55.6 Å². The predicted molar refractivity (Wildman–Crippen MR) is 136 cm³/mol. The number of ether oxygens (including phenoxy) is 4. The maximum Gasteiger partial charge on any atom is 0.264 e. The van der Waals surface area contributed by atoms with Gasteiger partial charge in [-0.15, -0.1) is 0 Å². The monoisotopic (exact) mass is 513 g/mol. The van der Waals surface area contributed by atoms with Crippen LogP contribution in [0.2, 0.25) is 0 Å². The van der Waals surface area contributed by atoms with Gasteiger partial charge in [0.2, 0.25) is 0 Å². The Labute approximate surface area is 210 Å². The quantitative estimate of drug-likeness (QED) is 0.309. The van der Waals surface area contributed by atoms with Crippen LogP contribution in [-0.4, -0.2) is 55.5 Å². The number of hydrazone groups is 1. The van der Waals surface area contributed by atoms with E-state index in [9.17, 15) is 13.2 Å². The lowest BCUT2D eigenvalue weighted by atomic mass is 10.2. The van der Waals surface area contributed by atoms with Crippen LogP contribution >= 0.6 is 0 Å². The summed E-state index contributed by atoms with van der Waals surface area (Å²) in [5.41, 5.74) is 3.33. The number of amides is 1. The van der Waals surface area contributed by atoms with E-state index < -0.39 is 22.5 Å². The molecule has 0 saturated carbocycles. The molecule has 0 aliphatic heterocycles. The molecule has 0 saturated heterocycles. The van der Waals surface area contributed by atoms with Crippen molar-refractivity contribution in [1.82, 2.24) is 5.43 Å². The summed E-state index contributed by atoms with van der Waals surface area (Å²) in [4.78, 5) is 12.7. The van der Waals surface area contributed by atoms with Crippen molar-refractivity contribution >= 4 is 27.8 Å². The molecule has 10 nitrogen and oxygen atoms in total. The van der Waals surface area contributed by atoms with E-state index in [0.717, 1.165) is 4.31 Å². The largest absolute Gasteiger partial charge is 0.497 e. The van der Waals surface area contributed by atoms with E-state index >= 15 is 0 Å². The Morgan fingerprint density at radius 2 is 1.56 bits per heavy atom. The number of nitrogens with zero attached hydrogens (tertiary/aromatic N) is 2. The summed E-state index contributed by atoms with van der Waals surface area (Å²) >= 11 is 0. The molecular formula is C25H27N3O7S. The fourth-order valence-electron chi connectivity index (χ4n) is 3.23. The molecule has 0 spiro atoms. The highest BCUT2D eigenvalue weighted by atomic mass is 32.2. The zero-order valence-corrected chi connectivity index (χ0v) is 21.1. The number of benzene rings is 3. The lowest BCUT2D eigenvalue weighted by Crippen LogP contribution is -2.39. The van der Waals surface area contributed by atoms with E-state index in [1.807, 2.05) is 0 Å². The van der Waals surface area contributed by atoms with Crippen LogP contribution in [0, 0.1) is 0 Å². The molecule has 190 valence electrons. The molecule has 0 unspecified atom stereocenters. The van der Waals surface area contributed by atoms with Crippen molar-refractivity contribution in [2.45, 2.75) is 4.90 Å². The number of methoxy groups -OCH3 is 4. The molecule has 3 rings (SSSR count). The molecule has 0 heterocycles. The molecule has 1 amide bonds. The molecule has 0 fully saturated rings. The van der Waals surface area contributed by atoms with Crippen molar-refractivity contribution in [2.75, 3.05) is 39.3 Å². The third-order valence-electron chi connectivity index (χ3n) is 5.09. The van der Waals surface area contributed by atoms with Gasteiger partial charge in [-0.2, -0.15) is 5.10 Å². The Balaban J connectivity index is 1.89. The highest BCUT2D eigenvalue weighted by molar-refractivity contribution is 7.92. The molecule has 3 aromatic rings. The maximum atomic E-state index is 13.6. The minimum atomic E-state index is -4.18. The number of hydrogen-bond acceptors (Lipinski definition) is 8. The zero-order chi connectivity index (χ0) is 26.1. The highest BCUT2D eigenvalue weighted by Gasteiger charge is 2.28. The fraction of sp³-hybridized carbons (Fsp3) is 0.200. The minimum absolute atomic E-state index is 0.0800. The summed E-state index contributed by atoms with van der Waals surface area (Å²) in [5, 5.41) is 3.94. The van der Waals surface area contributed by atoms with Gasteiger partial charge in [-0.25, -0.2) is 13.8 Å². The Bertz CT molecular complexity index is 1330. The number of anilines is 1. The number of carbonyl (C=O) groups excluding carboxylic acids is 1.